The van der Waals surface area contributed by atoms with Crippen LogP contribution in [0.1, 0.15) is 18.4 Å². The number of nitrogens with one attached hydrogen (secondary N) is 1. The van der Waals surface area contributed by atoms with Gasteiger partial charge in [0.15, 0.2) is 5.96 Å². The van der Waals surface area contributed by atoms with E-state index in [2.05, 4.69) is 20.5 Å². The number of nitrogens with two attached hydrogens (primary N) is 1. The van der Waals surface area contributed by atoms with Crippen LogP contribution in [0, 0.1) is 0 Å². The highest BCUT2D eigenvalue weighted by molar-refractivity contribution is 7.86. The molecule has 0 radical (unpaired) electrons. The van der Waals surface area contributed by atoms with E-state index in [9.17, 15) is 17.8 Å². The lowest BCUT2D eigenvalue weighted by molar-refractivity contribution is -0.128. The average Bonchev–Trinajstić information content (AvgIpc) is 3.08. The fourth-order valence-electron chi connectivity index (χ4n) is 2.60. The zero-order valence-corrected chi connectivity index (χ0v) is 16.8. The van der Waals surface area contributed by atoms with Gasteiger partial charge in [-0.05, 0) is 19.1 Å². The highest BCUT2D eigenvalue weighted by atomic mass is 32.2. The quantitative estimate of drug-likeness (QED) is 0.591. The number of carbonyl (C=O) groups excluding carboxylic acids is 1. The minimum absolute atomic E-state index is 0.0255. The van der Waals surface area contributed by atoms with Crippen LogP contribution in [0.25, 0.3) is 0 Å². The van der Waals surface area contributed by atoms with E-state index in [1.165, 1.54) is 41.5 Å². The minimum Gasteiger partial charge on any atom is -0.495 e. The Labute approximate surface area is 165 Å². The lowest BCUT2D eigenvalue weighted by Crippen LogP contribution is -2.47. The average molecular weight is 426 g/mol. The van der Waals surface area contributed by atoms with E-state index in [1.54, 1.807) is 14.0 Å². The zero-order valence-electron chi connectivity index (χ0n) is 15.2. The van der Waals surface area contributed by atoms with Gasteiger partial charge in [-0.25, -0.2) is 4.99 Å². The number of amides is 1. The first-order valence-corrected chi connectivity index (χ1v) is 10.2. The van der Waals surface area contributed by atoms with Gasteiger partial charge in [0, 0.05) is 18.8 Å². The van der Waals surface area contributed by atoms with Gasteiger partial charge >= 0.3 is 0 Å². The molecule has 2 heterocycles. The number of anilines is 2. The van der Waals surface area contributed by atoms with E-state index in [0.717, 1.165) is 0 Å². The Bertz CT molecular complexity index is 1070. The summed E-state index contributed by atoms with van der Waals surface area (Å²) in [5.74, 6) is -0.0956. The third-order valence-corrected chi connectivity index (χ3v) is 6.14. The van der Waals surface area contributed by atoms with Crippen molar-refractivity contribution in [2.75, 3.05) is 19.5 Å². The van der Waals surface area contributed by atoms with Crippen molar-refractivity contribution < 1.29 is 22.5 Å². The number of carbonyl (C=O) groups is 1. The molecule has 4 N–H and O–H groups in total. The first kappa shape index (κ1) is 20.0. The Morgan fingerprint density at radius 2 is 2.11 bits per heavy atom. The standard InChI is InChI=1S/C15H18N6O5S2/c1-15(7-11(22)21(2)13(16)18-15)12-19-20-14(27-12)17-8-4-5-10(28(23,24)25)9(6-8)26-3/h4-6H,7H2,1-3H3,(H2,16,18)(H,17,20)(H,23,24,25)/t15-/m0/s1. The SMILES string of the molecule is COc1cc(Nc2nnc([C@]3(C)CC(=O)N(C)C(N)=N3)s2)ccc1S(=O)(=O)O. The van der Waals surface area contributed by atoms with E-state index in [4.69, 9.17) is 10.5 Å². The molecule has 0 aliphatic carbocycles. The molecule has 0 bridgehead atoms. The van der Waals surface area contributed by atoms with Crippen LogP contribution >= 0.6 is 11.3 Å². The molecule has 0 spiro atoms. The number of nitrogens with zero attached hydrogens (tertiary/aromatic N) is 4. The fraction of sp³-hybridized carbons (Fsp3) is 0.333. The summed E-state index contributed by atoms with van der Waals surface area (Å²) in [7, 11) is -1.57. The van der Waals surface area contributed by atoms with Gasteiger partial charge in [-0.2, -0.15) is 8.42 Å². The Morgan fingerprint density at radius 1 is 1.39 bits per heavy atom. The summed E-state index contributed by atoms with van der Waals surface area (Å²) in [5, 5.41) is 12.0. The van der Waals surface area contributed by atoms with Crippen molar-refractivity contribution in [3.8, 4) is 5.75 Å². The number of methoxy groups -OCH3 is 1. The Hall–Kier alpha value is -2.77. The Kier molecular flexibility index (Phi) is 4.99. The summed E-state index contributed by atoms with van der Waals surface area (Å²) in [4.78, 5) is 17.4. The van der Waals surface area contributed by atoms with Crippen LogP contribution in [0.15, 0.2) is 28.1 Å². The highest BCUT2D eigenvalue weighted by Gasteiger charge is 2.39. The molecule has 0 fully saturated rings. The maximum Gasteiger partial charge on any atom is 0.298 e. The van der Waals surface area contributed by atoms with E-state index >= 15 is 0 Å². The van der Waals surface area contributed by atoms with Crippen LogP contribution in [0.5, 0.6) is 5.75 Å². The molecular formula is C15H18N6O5S2. The van der Waals surface area contributed by atoms with Gasteiger partial charge in [0.05, 0.1) is 13.5 Å². The molecule has 0 saturated heterocycles. The molecule has 3 rings (SSSR count). The number of ether oxygens (including phenoxy) is 1. The van der Waals surface area contributed by atoms with Crippen LogP contribution in [0.3, 0.4) is 0 Å². The summed E-state index contributed by atoms with van der Waals surface area (Å²) >= 11 is 1.19. The molecule has 0 unspecified atom stereocenters. The summed E-state index contributed by atoms with van der Waals surface area (Å²) in [6.07, 6.45) is 0.107. The van der Waals surface area contributed by atoms with Crippen molar-refractivity contribution in [1.29, 1.82) is 0 Å². The predicted octanol–water partition coefficient (Wildman–Crippen LogP) is 0.929. The first-order valence-electron chi connectivity index (χ1n) is 7.92. The van der Waals surface area contributed by atoms with E-state index in [0.29, 0.717) is 15.8 Å². The predicted molar refractivity (Wildman–Crippen MR) is 102 cm³/mol. The van der Waals surface area contributed by atoms with Crippen molar-refractivity contribution >= 4 is 44.1 Å². The normalized spacial score (nSPS) is 20.1. The molecule has 13 heteroatoms. The summed E-state index contributed by atoms with van der Waals surface area (Å²) in [5.41, 5.74) is 5.36. The van der Waals surface area contributed by atoms with Crippen LogP contribution in [-0.4, -0.2) is 54.1 Å². The molecule has 150 valence electrons. The number of hydrogen-bond acceptors (Lipinski definition) is 10. The van der Waals surface area contributed by atoms with Crippen LogP contribution in [-0.2, 0) is 20.5 Å². The maximum absolute atomic E-state index is 12.1. The van der Waals surface area contributed by atoms with Gasteiger partial charge in [0.2, 0.25) is 11.0 Å². The number of guanidine groups is 1. The second-order valence-electron chi connectivity index (χ2n) is 6.25. The van der Waals surface area contributed by atoms with E-state index < -0.39 is 15.7 Å². The number of rotatable bonds is 5. The fourth-order valence-corrected chi connectivity index (χ4v) is 4.09. The summed E-state index contributed by atoms with van der Waals surface area (Å²) < 4.78 is 36.9. The number of hydrogen-bond donors (Lipinski definition) is 3. The van der Waals surface area contributed by atoms with Crippen molar-refractivity contribution in [1.82, 2.24) is 15.1 Å². The summed E-state index contributed by atoms with van der Waals surface area (Å²) in [6.45, 7) is 1.75. The van der Waals surface area contributed by atoms with Gasteiger partial charge in [-0.1, -0.05) is 11.3 Å². The molecule has 1 aromatic carbocycles. The van der Waals surface area contributed by atoms with E-state index in [1.807, 2.05) is 0 Å². The third kappa shape index (κ3) is 3.76. The third-order valence-electron chi connectivity index (χ3n) is 4.15. The molecular weight excluding hydrogens is 408 g/mol. The molecule has 1 atom stereocenters. The lowest BCUT2D eigenvalue weighted by Gasteiger charge is -2.31. The maximum atomic E-state index is 12.1. The highest BCUT2D eigenvalue weighted by Crippen LogP contribution is 2.37. The van der Waals surface area contributed by atoms with Gasteiger partial charge in [0.25, 0.3) is 10.1 Å². The van der Waals surface area contributed by atoms with Gasteiger partial charge in [-0.15, -0.1) is 10.2 Å². The van der Waals surface area contributed by atoms with Crippen LogP contribution in [0.2, 0.25) is 0 Å². The molecule has 0 saturated carbocycles. The van der Waals surface area contributed by atoms with Crippen LogP contribution in [0.4, 0.5) is 10.8 Å². The second-order valence-corrected chi connectivity index (χ2v) is 8.62. The van der Waals surface area contributed by atoms with Gasteiger partial charge < -0.3 is 15.8 Å². The Balaban J connectivity index is 1.87. The number of aliphatic imine (C=N–C) groups is 1. The molecule has 1 aliphatic heterocycles. The first-order chi connectivity index (χ1) is 13.0. The molecule has 1 aliphatic rings. The van der Waals surface area contributed by atoms with Crippen molar-refractivity contribution in [3.05, 3.63) is 23.2 Å². The van der Waals surface area contributed by atoms with Gasteiger partial charge in [0.1, 0.15) is 21.2 Å². The van der Waals surface area contributed by atoms with Crippen LogP contribution < -0.4 is 15.8 Å². The molecule has 1 amide bonds. The van der Waals surface area contributed by atoms with E-state index in [-0.39, 0.29) is 28.9 Å². The topological polar surface area (TPSA) is 160 Å². The van der Waals surface area contributed by atoms with Crippen molar-refractivity contribution in [2.24, 2.45) is 10.7 Å². The zero-order chi connectivity index (χ0) is 20.7. The van der Waals surface area contributed by atoms with Crippen molar-refractivity contribution in [3.63, 3.8) is 0 Å². The summed E-state index contributed by atoms with van der Waals surface area (Å²) in [6, 6.07) is 4.06. The second kappa shape index (κ2) is 7.00. The molecule has 2 aromatic rings. The van der Waals surface area contributed by atoms with Crippen molar-refractivity contribution in [2.45, 2.75) is 23.8 Å². The smallest absolute Gasteiger partial charge is 0.298 e. The largest absolute Gasteiger partial charge is 0.495 e. The lowest BCUT2D eigenvalue weighted by atomic mass is 9.97. The Morgan fingerprint density at radius 3 is 2.71 bits per heavy atom. The molecule has 1 aromatic heterocycles. The monoisotopic (exact) mass is 426 g/mol. The number of benzene rings is 1. The molecule has 28 heavy (non-hydrogen) atoms. The number of aromatic nitrogens is 2. The molecule has 11 nitrogen and oxygen atoms in total. The minimum atomic E-state index is -4.41. The van der Waals surface area contributed by atoms with Gasteiger partial charge in [-0.3, -0.25) is 14.2 Å².